The zero-order valence-electron chi connectivity index (χ0n) is 35.1. The summed E-state index contributed by atoms with van der Waals surface area (Å²) in [6, 6.07) is 30.9. The average molecular weight is 883 g/mol. The van der Waals surface area contributed by atoms with Crippen molar-refractivity contribution in [3.8, 4) is 5.75 Å². The van der Waals surface area contributed by atoms with Crippen LogP contribution >= 0.6 is 12.2 Å². The Morgan fingerprint density at radius 2 is 1.03 bits per heavy atom. The Kier molecular flexibility index (Phi) is 16.0. The minimum atomic E-state index is -1.18. The number of carbonyl (C=O) groups excluding carboxylic acids is 1. The van der Waals surface area contributed by atoms with E-state index >= 15 is 0 Å². The lowest BCUT2D eigenvalue weighted by molar-refractivity contribution is 0.0679. The maximum Gasteiger partial charge on any atom is 0.354 e. The highest BCUT2D eigenvalue weighted by atomic mass is 32.1. The van der Waals surface area contributed by atoms with Crippen molar-refractivity contribution in [3.63, 3.8) is 0 Å². The molecule has 17 heteroatoms. The molecule has 6 rings (SSSR count). The first-order chi connectivity index (χ1) is 30.8. The molecule has 5 aromatic heterocycles. The number of pyridine rings is 5. The number of carboxylic acids is 3. The molecule has 0 radical (unpaired) electrons. The van der Waals surface area contributed by atoms with Crippen molar-refractivity contribution in [2.75, 3.05) is 11.9 Å². The summed E-state index contributed by atoms with van der Waals surface area (Å²) in [6.45, 7) is 5.54. The SMILES string of the molecule is CC(C)C(=S)Nc1ccc(CCOc2cc(CN(Cc3cccc(C=O)n3)Cc3cccc(C(=O)O)n3)nc(CN(Cc3cccc(C(=O)O)n3)Cc3cccc(C(=O)O)n3)c2)cc1. The van der Waals surface area contributed by atoms with E-state index in [1.807, 2.05) is 60.0 Å². The lowest BCUT2D eigenvalue weighted by atomic mass is 10.1. The highest BCUT2D eigenvalue weighted by molar-refractivity contribution is 7.80. The number of thiocarbonyl (C=S) groups is 1. The third-order valence-corrected chi connectivity index (χ3v) is 10.2. The van der Waals surface area contributed by atoms with Crippen LogP contribution < -0.4 is 10.1 Å². The van der Waals surface area contributed by atoms with E-state index in [2.05, 4.69) is 25.3 Å². The minimum absolute atomic E-state index is 0.105. The van der Waals surface area contributed by atoms with Crippen LogP contribution in [0.4, 0.5) is 5.69 Å². The van der Waals surface area contributed by atoms with Crippen LogP contribution in [0.1, 0.15) is 95.5 Å². The quantitative estimate of drug-likeness (QED) is 0.0398. The van der Waals surface area contributed by atoms with Crippen molar-refractivity contribution in [3.05, 3.63) is 172 Å². The van der Waals surface area contributed by atoms with Crippen LogP contribution in [0.3, 0.4) is 0 Å². The van der Waals surface area contributed by atoms with Crippen molar-refractivity contribution in [2.45, 2.75) is 59.5 Å². The predicted octanol–water partition coefficient (Wildman–Crippen LogP) is 6.99. The van der Waals surface area contributed by atoms with Crippen LogP contribution in [0.5, 0.6) is 5.75 Å². The fourth-order valence-electron chi connectivity index (χ4n) is 6.61. The van der Waals surface area contributed by atoms with Crippen molar-refractivity contribution in [1.29, 1.82) is 0 Å². The Hall–Kier alpha value is -7.34. The number of nitrogens with one attached hydrogen (secondary N) is 1. The number of rotatable bonds is 22. The van der Waals surface area contributed by atoms with Gasteiger partial charge in [0, 0.05) is 69.4 Å². The molecule has 0 amide bonds. The molecule has 0 aliphatic rings. The summed E-state index contributed by atoms with van der Waals surface area (Å²) < 4.78 is 6.41. The van der Waals surface area contributed by atoms with Crippen LogP contribution in [0, 0.1) is 5.92 Å². The maximum absolute atomic E-state index is 11.8. The summed E-state index contributed by atoms with van der Waals surface area (Å²) in [6.07, 6.45) is 1.25. The lowest BCUT2D eigenvalue weighted by Gasteiger charge is -2.24. The zero-order valence-corrected chi connectivity index (χ0v) is 35.9. The summed E-state index contributed by atoms with van der Waals surface area (Å²) >= 11 is 5.44. The molecular formula is C47H46N8O8S. The monoisotopic (exact) mass is 882 g/mol. The van der Waals surface area contributed by atoms with Gasteiger partial charge in [-0.25, -0.2) is 34.3 Å². The van der Waals surface area contributed by atoms with Crippen LogP contribution in [-0.4, -0.2) is 85.8 Å². The number of aromatic carboxylic acids is 3. The van der Waals surface area contributed by atoms with Gasteiger partial charge < -0.3 is 25.4 Å². The number of hydrogen-bond donors (Lipinski definition) is 4. The number of nitrogens with zero attached hydrogens (tertiary/aromatic N) is 7. The Balaban J connectivity index is 1.33. The van der Waals surface area contributed by atoms with Crippen LogP contribution in [0.2, 0.25) is 0 Å². The molecule has 0 saturated carbocycles. The van der Waals surface area contributed by atoms with E-state index in [1.165, 1.54) is 18.2 Å². The molecule has 6 aromatic rings. The second-order valence-electron chi connectivity index (χ2n) is 15.1. The molecule has 64 heavy (non-hydrogen) atoms. The van der Waals surface area contributed by atoms with Crippen molar-refractivity contribution in [2.24, 2.45) is 5.92 Å². The number of carbonyl (C=O) groups is 4. The molecule has 1 aromatic carbocycles. The first kappa shape index (κ1) is 46.2. The highest BCUT2D eigenvalue weighted by Crippen LogP contribution is 2.22. The third-order valence-electron chi connectivity index (χ3n) is 9.65. The van der Waals surface area contributed by atoms with Crippen molar-refractivity contribution >= 4 is 47.1 Å². The second-order valence-corrected chi connectivity index (χ2v) is 15.6. The summed E-state index contributed by atoms with van der Waals surface area (Å²) in [5, 5.41) is 32.2. The summed E-state index contributed by atoms with van der Waals surface area (Å²) in [7, 11) is 0. The first-order valence-corrected chi connectivity index (χ1v) is 20.7. The maximum atomic E-state index is 11.8. The van der Waals surface area contributed by atoms with Gasteiger partial charge in [-0.1, -0.05) is 62.5 Å². The number of ether oxygens (including phenoxy) is 1. The van der Waals surface area contributed by atoms with Gasteiger partial charge in [0.05, 0.1) is 45.8 Å². The van der Waals surface area contributed by atoms with E-state index < -0.39 is 17.9 Å². The summed E-state index contributed by atoms with van der Waals surface area (Å²) in [4.78, 5) is 74.3. The lowest BCUT2D eigenvalue weighted by Crippen LogP contribution is -2.26. The van der Waals surface area contributed by atoms with E-state index in [9.17, 15) is 34.5 Å². The molecule has 0 aliphatic heterocycles. The van der Waals surface area contributed by atoms with Gasteiger partial charge in [-0.2, -0.15) is 0 Å². The number of benzene rings is 1. The predicted molar refractivity (Wildman–Crippen MR) is 240 cm³/mol. The molecule has 4 N–H and O–H groups in total. The second kappa shape index (κ2) is 22.1. The zero-order chi connectivity index (χ0) is 45.6. The van der Waals surface area contributed by atoms with Gasteiger partial charge in [0.15, 0.2) is 6.29 Å². The normalized spacial score (nSPS) is 11.1. The van der Waals surface area contributed by atoms with Gasteiger partial charge >= 0.3 is 17.9 Å². The molecule has 16 nitrogen and oxygen atoms in total. The van der Waals surface area contributed by atoms with E-state index in [0.717, 1.165) is 16.2 Å². The van der Waals surface area contributed by atoms with Crippen LogP contribution in [0.15, 0.2) is 109 Å². The number of anilines is 1. The summed E-state index contributed by atoms with van der Waals surface area (Å²) in [5.41, 5.74) is 5.00. The standard InChI is InChI=1S/C47H46N8O8S/c1-30(2)44(64)53-32-17-15-31(16-18-32)19-20-63-40-21-38(27-54(23-33-7-3-11-37(29-56)48-33)24-34-8-4-12-41(50-34)45(57)58)49-39(22-40)28-55(25-35-9-5-13-42(51-35)46(59)60)26-36-10-6-14-43(52-36)47(61)62/h3-18,21-22,29-30H,19-20,23-28H2,1-2H3,(H,53,64)(H,57,58)(H,59,60)(H,61,62). The molecular weight excluding hydrogens is 837 g/mol. The number of aldehydes is 1. The minimum Gasteiger partial charge on any atom is -0.493 e. The Labute approximate surface area is 374 Å². The van der Waals surface area contributed by atoms with Crippen molar-refractivity contribution < 1.29 is 39.2 Å². The molecule has 0 aliphatic carbocycles. The molecule has 0 unspecified atom stereocenters. The van der Waals surface area contributed by atoms with Crippen molar-refractivity contribution in [1.82, 2.24) is 34.7 Å². The van der Waals surface area contributed by atoms with E-state index in [-0.39, 0.29) is 68.0 Å². The number of hydrogen-bond acceptors (Lipinski definition) is 13. The average Bonchev–Trinajstić information content (AvgIpc) is 3.27. The van der Waals surface area contributed by atoms with Gasteiger partial charge in [-0.3, -0.25) is 19.6 Å². The smallest absolute Gasteiger partial charge is 0.354 e. The topological polar surface area (TPSA) is 221 Å². The Morgan fingerprint density at radius 3 is 1.45 bits per heavy atom. The number of carboxylic acid groups (broad SMARTS) is 3. The van der Waals surface area contributed by atoms with Crippen LogP contribution in [0.25, 0.3) is 0 Å². The fraction of sp³-hybridized carbons (Fsp3) is 0.234. The van der Waals surface area contributed by atoms with Gasteiger partial charge in [0.1, 0.15) is 28.5 Å². The van der Waals surface area contributed by atoms with Crippen LogP contribution in [-0.2, 0) is 45.7 Å². The van der Waals surface area contributed by atoms with E-state index in [0.29, 0.717) is 59.2 Å². The molecule has 328 valence electrons. The number of aromatic nitrogens is 5. The first-order valence-electron chi connectivity index (χ1n) is 20.3. The van der Waals surface area contributed by atoms with E-state index in [4.69, 9.17) is 21.9 Å². The Bertz CT molecular complexity index is 2570. The molecule has 5 heterocycles. The molecule has 0 bridgehead atoms. The van der Waals surface area contributed by atoms with Gasteiger partial charge in [0.2, 0.25) is 0 Å². The van der Waals surface area contributed by atoms with Gasteiger partial charge in [0.25, 0.3) is 0 Å². The Morgan fingerprint density at radius 1 is 0.609 bits per heavy atom. The largest absolute Gasteiger partial charge is 0.493 e. The molecule has 0 saturated heterocycles. The van der Waals surface area contributed by atoms with E-state index in [1.54, 1.807) is 54.6 Å². The third kappa shape index (κ3) is 13.8. The van der Waals surface area contributed by atoms with Gasteiger partial charge in [-0.15, -0.1) is 0 Å². The fourth-order valence-corrected chi connectivity index (χ4v) is 6.73. The summed E-state index contributed by atoms with van der Waals surface area (Å²) in [5.74, 6) is -2.78. The molecule has 0 fully saturated rings. The highest BCUT2D eigenvalue weighted by Gasteiger charge is 2.19. The molecule has 0 spiro atoms. The van der Waals surface area contributed by atoms with Gasteiger partial charge in [-0.05, 0) is 66.2 Å². The molecule has 0 atom stereocenters.